The number of methoxy groups -OCH3 is 2. The standard InChI is InChI=1S/C23H22ClN3O3S2/c1-29-11-3-10-27-22(28)19-9-6-16(24)12-20(19)26-23(27)32-14-17-13-31-21(25-17)15-4-7-18(30-2)8-5-15/h4-9,12-13H,3,10-11,14H2,1-2H3. The zero-order valence-corrected chi connectivity index (χ0v) is 20.1. The number of benzene rings is 2. The van der Waals surface area contributed by atoms with E-state index in [1.165, 1.54) is 11.8 Å². The van der Waals surface area contributed by atoms with E-state index in [2.05, 4.69) is 0 Å². The van der Waals surface area contributed by atoms with Crippen molar-refractivity contribution < 1.29 is 9.47 Å². The smallest absolute Gasteiger partial charge is 0.262 e. The Morgan fingerprint density at radius 2 is 1.94 bits per heavy atom. The Kier molecular flexibility index (Phi) is 7.47. The molecule has 2 heterocycles. The Balaban J connectivity index is 1.58. The second-order valence-electron chi connectivity index (χ2n) is 7.02. The van der Waals surface area contributed by atoms with Crippen molar-refractivity contribution in [1.29, 1.82) is 0 Å². The molecule has 0 N–H and O–H groups in total. The molecule has 0 fully saturated rings. The van der Waals surface area contributed by atoms with Crippen LogP contribution in [0.1, 0.15) is 12.1 Å². The van der Waals surface area contributed by atoms with Gasteiger partial charge in [-0.15, -0.1) is 11.3 Å². The van der Waals surface area contributed by atoms with E-state index in [0.29, 0.717) is 40.0 Å². The van der Waals surface area contributed by atoms with Gasteiger partial charge in [0.05, 0.1) is 23.7 Å². The SMILES string of the molecule is COCCCn1c(SCc2csc(-c3ccc(OC)cc3)n2)nc2cc(Cl)ccc2c1=O. The summed E-state index contributed by atoms with van der Waals surface area (Å²) in [5.74, 6) is 1.42. The number of hydrogen-bond donors (Lipinski definition) is 0. The third-order valence-corrected chi connectivity index (χ3v) is 7.04. The van der Waals surface area contributed by atoms with Crippen molar-refractivity contribution in [3.8, 4) is 16.3 Å². The van der Waals surface area contributed by atoms with Gasteiger partial charge in [0, 0.05) is 42.0 Å². The van der Waals surface area contributed by atoms with Gasteiger partial charge in [0.15, 0.2) is 5.16 Å². The van der Waals surface area contributed by atoms with E-state index in [1.807, 2.05) is 29.6 Å². The zero-order chi connectivity index (χ0) is 22.5. The van der Waals surface area contributed by atoms with Crippen LogP contribution in [0.4, 0.5) is 0 Å². The molecule has 4 aromatic rings. The summed E-state index contributed by atoms with van der Waals surface area (Å²) in [5, 5.41) is 4.75. The van der Waals surface area contributed by atoms with E-state index in [-0.39, 0.29) is 5.56 Å². The number of nitrogens with zero attached hydrogens (tertiary/aromatic N) is 3. The lowest BCUT2D eigenvalue weighted by Gasteiger charge is -2.12. The van der Waals surface area contributed by atoms with Gasteiger partial charge in [-0.05, 0) is 48.9 Å². The summed E-state index contributed by atoms with van der Waals surface area (Å²) in [5.41, 5.74) is 2.52. The number of hydrogen-bond acceptors (Lipinski definition) is 7. The van der Waals surface area contributed by atoms with Crippen LogP contribution in [0.5, 0.6) is 5.75 Å². The summed E-state index contributed by atoms with van der Waals surface area (Å²) in [7, 11) is 3.30. The molecular formula is C23H22ClN3O3S2. The predicted molar refractivity (Wildman–Crippen MR) is 131 cm³/mol. The van der Waals surface area contributed by atoms with Gasteiger partial charge in [0.1, 0.15) is 10.8 Å². The number of thiazole rings is 1. The summed E-state index contributed by atoms with van der Waals surface area (Å²) in [6.07, 6.45) is 0.725. The van der Waals surface area contributed by atoms with Crippen LogP contribution in [0.25, 0.3) is 21.5 Å². The highest BCUT2D eigenvalue weighted by molar-refractivity contribution is 7.98. The minimum Gasteiger partial charge on any atom is -0.497 e. The van der Waals surface area contributed by atoms with Gasteiger partial charge in [-0.1, -0.05) is 23.4 Å². The second-order valence-corrected chi connectivity index (χ2v) is 9.26. The minimum atomic E-state index is -0.0672. The van der Waals surface area contributed by atoms with Crippen LogP contribution in [0.3, 0.4) is 0 Å². The fourth-order valence-corrected chi connectivity index (χ4v) is 5.24. The van der Waals surface area contributed by atoms with Crippen molar-refractivity contribution >= 4 is 45.6 Å². The van der Waals surface area contributed by atoms with E-state index in [0.717, 1.165) is 28.4 Å². The Morgan fingerprint density at radius 3 is 2.69 bits per heavy atom. The molecule has 2 aromatic heterocycles. The van der Waals surface area contributed by atoms with Crippen molar-refractivity contribution in [3.05, 3.63) is 68.9 Å². The first-order valence-corrected chi connectivity index (χ1v) is 12.2. The first-order valence-electron chi connectivity index (χ1n) is 9.99. The molecule has 0 spiro atoms. The molecule has 4 rings (SSSR count). The van der Waals surface area contributed by atoms with E-state index in [9.17, 15) is 4.79 Å². The first-order chi connectivity index (χ1) is 15.6. The summed E-state index contributed by atoms with van der Waals surface area (Å²) in [6, 6.07) is 13.0. The van der Waals surface area contributed by atoms with E-state index < -0.39 is 0 Å². The molecule has 6 nitrogen and oxygen atoms in total. The number of aromatic nitrogens is 3. The maximum absolute atomic E-state index is 13.1. The Labute approximate surface area is 199 Å². The lowest BCUT2D eigenvalue weighted by atomic mass is 10.2. The highest BCUT2D eigenvalue weighted by Crippen LogP contribution is 2.29. The Morgan fingerprint density at radius 1 is 1.12 bits per heavy atom. The molecule has 0 saturated heterocycles. The fourth-order valence-electron chi connectivity index (χ4n) is 3.23. The lowest BCUT2D eigenvalue weighted by molar-refractivity contribution is 0.189. The van der Waals surface area contributed by atoms with E-state index in [4.69, 9.17) is 31.0 Å². The molecule has 9 heteroatoms. The Hall–Kier alpha value is -2.39. The molecule has 0 aliphatic carbocycles. The van der Waals surface area contributed by atoms with E-state index >= 15 is 0 Å². The van der Waals surface area contributed by atoms with Crippen molar-refractivity contribution in [2.45, 2.75) is 23.9 Å². The molecule has 0 aliphatic rings. The van der Waals surface area contributed by atoms with Crippen LogP contribution in [-0.2, 0) is 17.0 Å². The maximum Gasteiger partial charge on any atom is 0.262 e. The molecule has 166 valence electrons. The normalized spacial score (nSPS) is 11.2. The van der Waals surface area contributed by atoms with Crippen LogP contribution in [0.2, 0.25) is 5.02 Å². The number of rotatable bonds is 9. The van der Waals surface area contributed by atoms with Crippen LogP contribution in [0, 0.1) is 0 Å². The summed E-state index contributed by atoms with van der Waals surface area (Å²) in [4.78, 5) is 22.6. The third-order valence-electron chi connectivity index (χ3n) is 4.85. The average molecular weight is 488 g/mol. The molecule has 0 aliphatic heterocycles. The molecule has 0 atom stereocenters. The van der Waals surface area contributed by atoms with Gasteiger partial charge in [0.2, 0.25) is 0 Å². The van der Waals surface area contributed by atoms with Gasteiger partial charge in [-0.3, -0.25) is 9.36 Å². The molecule has 0 radical (unpaired) electrons. The molecule has 2 aromatic carbocycles. The second kappa shape index (κ2) is 10.5. The van der Waals surface area contributed by atoms with Gasteiger partial charge < -0.3 is 9.47 Å². The van der Waals surface area contributed by atoms with Crippen LogP contribution < -0.4 is 10.3 Å². The predicted octanol–water partition coefficient (Wildman–Crippen LogP) is 5.51. The monoisotopic (exact) mass is 487 g/mol. The number of halogens is 1. The third kappa shape index (κ3) is 5.15. The van der Waals surface area contributed by atoms with E-state index in [1.54, 1.807) is 48.3 Å². The van der Waals surface area contributed by atoms with Crippen molar-refractivity contribution in [2.24, 2.45) is 0 Å². The number of fused-ring (bicyclic) bond motifs is 1. The van der Waals surface area contributed by atoms with Crippen LogP contribution in [-0.4, -0.2) is 35.4 Å². The van der Waals surface area contributed by atoms with Gasteiger partial charge in [-0.25, -0.2) is 9.97 Å². The highest BCUT2D eigenvalue weighted by Gasteiger charge is 2.13. The van der Waals surface area contributed by atoms with Gasteiger partial charge in [-0.2, -0.15) is 0 Å². The highest BCUT2D eigenvalue weighted by atomic mass is 35.5. The minimum absolute atomic E-state index is 0.0672. The molecule has 0 unspecified atom stereocenters. The number of ether oxygens (including phenoxy) is 2. The molecule has 0 bridgehead atoms. The van der Waals surface area contributed by atoms with Crippen LogP contribution >= 0.6 is 34.7 Å². The Bertz CT molecular complexity index is 1270. The molecule has 0 saturated carbocycles. The van der Waals surface area contributed by atoms with Crippen molar-refractivity contribution in [1.82, 2.24) is 14.5 Å². The largest absolute Gasteiger partial charge is 0.497 e. The summed E-state index contributed by atoms with van der Waals surface area (Å²) < 4.78 is 12.1. The maximum atomic E-state index is 13.1. The molecule has 0 amide bonds. The quantitative estimate of drug-likeness (QED) is 0.176. The summed E-state index contributed by atoms with van der Waals surface area (Å²) >= 11 is 9.22. The topological polar surface area (TPSA) is 66.2 Å². The zero-order valence-electron chi connectivity index (χ0n) is 17.7. The van der Waals surface area contributed by atoms with Crippen molar-refractivity contribution in [3.63, 3.8) is 0 Å². The van der Waals surface area contributed by atoms with Crippen LogP contribution in [0.15, 0.2) is 57.8 Å². The lowest BCUT2D eigenvalue weighted by Crippen LogP contribution is -2.24. The average Bonchev–Trinajstić information content (AvgIpc) is 3.28. The van der Waals surface area contributed by atoms with Crippen molar-refractivity contribution in [2.75, 3.05) is 20.8 Å². The van der Waals surface area contributed by atoms with Gasteiger partial charge >= 0.3 is 0 Å². The fraction of sp³-hybridized carbons (Fsp3) is 0.261. The number of thioether (sulfide) groups is 1. The molecular weight excluding hydrogens is 466 g/mol. The molecule has 32 heavy (non-hydrogen) atoms. The summed E-state index contributed by atoms with van der Waals surface area (Å²) in [6.45, 7) is 1.11. The van der Waals surface area contributed by atoms with Gasteiger partial charge in [0.25, 0.3) is 5.56 Å². The first kappa shape index (κ1) is 22.8.